The summed E-state index contributed by atoms with van der Waals surface area (Å²) in [5.74, 6) is -0.113. The van der Waals surface area contributed by atoms with Gasteiger partial charge in [0.1, 0.15) is 5.69 Å². The van der Waals surface area contributed by atoms with Crippen molar-refractivity contribution in [3.63, 3.8) is 0 Å². The summed E-state index contributed by atoms with van der Waals surface area (Å²) in [6.07, 6.45) is 4.17. The minimum atomic E-state index is -0.113. The van der Waals surface area contributed by atoms with Crippen molar-refractivity contribution in [2.75, 3.05) is 13.1 Å². The molecule has 1 amide bonds. The molecule has 0 bridgehead atoms. The van der Waals surface area contributed by atoms with Crippen molar-refractivity contribution < 1.29 is 4.79 Å². The number of nitrogens with zero attached hydrogens (tertiary/aromatic N) is 2. The molecule has 0 saturated carbocycles. The fraction of sp³-hybridized carbons (Fsp3) is 0.467. The minimum absolute atomic E-state index is 0.0130. The molecule has 2 unspecified atom stereocenters. The molecule has 2 aromatic heterocycles. The Balaban J connectivity index is 1.63. The molecule has 112 valence electrons. The number of carbonyl (C=O) groups excluding carboxylic acids is 1. The standard InChI is InChI=1S/C15H20N4OS/c1-11(14-5-3-9-21-14)17-15(20)13-6-8-19(18-13)12-4-2-7-16-10-12/h3,5-6,8-9,11-12,16H,2,4,7,10H2,1H3,(H,17,20). The maximum atomic E-state index is 12.2. The minimum Gasteiger partial charge on any atom is -0.343 e. The van der Waals surface area contributed by atoms with Crippen LogP contribution in [0.3, 0.4) is 0 Å². The molecule has 3 rings (SSSR count). The van der Waals surface area contributed by atoms with Crippen LogP contribution in [0.5, 0.6) is 0 Å². The summed E-state index contributed by atoms with van der Waals surface area (Å²) in [4.78, 5) is 13.4. The van der Waals surface area contributed by atoms with Gasteiger partial charge in [-0.25, -0.2) is 0 Å². The van der Waals surface area contributed by atoms with Crippen LogP contribution in [-0.2, 0) is 0 Å². The topological polar surface area (TPSA) is 59.0 Å². The fourth-order valence-corrected chi connectivity index (χ4v) is 3.34. The SMILES string of the molecule is CC(NC(=O)c1ccn(C2CCCNC2)n1)c1cccs1. The zero-order valence-corrected chi connectivity index (χ0v) is 12.9. The number of rotatable bonds is 4. The van der Waals surface area contributed by atoms with Crippen LogP contribution < -0.4 is 10.6 Å². The second-order valence-electron chi connectivity index (χ2n) is 5.39. The molecule has 0 spiro atoms. The maximum Gasteiger partial charge on any atom is 0.272 e. The number of amides is 1. The van der Waals surface area contributed by atoms with E-state index in [2.05, 4.69) is 15.7 Å². The average Bonchev–Trinajstić information content (AvgIpc) is 3.20. The van der Waals surface area contributed by atoms with E-state index in [-0.39, 0.29) is 11.9 Å². The van der Waals surface area contributed by atoms with E-state index in [1.165, 1.54) is 0 Å². The molecule has 21 heavy (non-hydrogen) atoms. The van der Waals surface area contributed by atoms with Crippen LogP contribution in [0, 0.1) is 0 Å². The quantitative estimate of drug-likeness (QED) is 0.911. The van der Waals surface area contributed by atoms with Gasteiger partial charge in [-0.1, -0.05) is 6.07 Å². The highest BCUT2D eigenvalue weighted by molar-refractivity contribution is 7.10. The van der Waals surface area contributed by atoms with Crippen molar-refractivity contribution in [1.29, 1.82) is 0 Å². The molecule has 5 nitrogen and oxygen atoms in total. The van der Waals surface area contributed by atoms with Crippen molar-refractivity contribution in [3.8, 4) is 0 Å². The van der Waals surface area contributed by atoms with Crippen molar-refractivity contribution in [1.82, 2.24) is 20.4 Å². The van der Waals surface area contributed by atoms with Crippen LogP contribution in [0.1, 0.15) is 47.2 Å². The first-order valence-electron chi connectivity index (χ1n) is 7.34. The van der Waals surface area contributed by atoms with Crippen molar-refractivity contribution in [3.05, 3.63) is 40.3 Å². The molecule has 2 atom stereocenters. The van der Waals surface area contributed by atoms with E-state index in [1.807, 2.05) is 35.3 Å². The Labute approximate surface area is 128 Å². The monoisotopic (exact) mass is 304 g/mol. The van der Waals surface area contributed by atoms with Crippen molar-refractivity contribution in [2.24, 2.45) is 0 Å². The number of aromatic nitrogens is 2. The van der Waals surface area contributed by atoms with E-state index in [0.717, 1.165) is 30.8 Å². The predicted molar refractivity (Wildman–Crippen MR) is 83.6 cm³/mol. The summed E-state index contributed by atoms with van der Waals surface area (Å²) in [5, 5.41) is 12.8. The first-order valence-corrected chi connectivity index (χ1v) is 8.22. The lowest BCUT2D eigenvalue weighted by atomic mass is 10.1. The molecule has 3 heterocycles. The highest BCUT2D eigenvalue weighted by atomic mass is 32.1. The summed E-state index contributed by atoms with van der Waals surface area (Å²) in [5.41, 5.74) is 0.490. The van der Waals surface area contributed by atoms with Gasteiger partial charge in [-0.15, -0.1) is 11.3 Å². The molecule has 1 fully saturated rings. The molecule has 0 aromatic carbocycles. The molecule has 0 aliphatic carbocycles. The first-order chi connectivity index (χ1) is 10.2. The van der Waals surface area contributed by atoms with E-state index >= 15 is 0 Å². The fourth-order valence-electron chi connectivity index (χ4n) is 2.60. The Hall–Kier alpha value is -1.66. The Morgan fingerprint density at radius 2 is 2.48 bits per heavy atom. The summed E-state index contributed by atoms with van der Waals surface area (Å²) in [7, 11) is 0. The Kier molecular flexibility index (Phi) is 4.36. The van der Waals surface area contributed by atoms with E-state index in [0.29, 0.717) is 11.7 Å². The third-order valence-corrected chi connectivity index (χ3v) is 4.86. The highest BCUT2D eigenvalue weighted by Crippen LogP contribution is 2.19. The number of hydrogen-bond acceptors (Lipinski definition) is 4. The highest BCUT2D eigenvalue weighted by Gasteiger charge is 2.19. The van der Waals surface area contributed by atoms with Crippen LogP contribution in [0.15, 0.2) is 29.8 Å². The summed E-state index contributed by atoms with van der Waals surface area (Å²) >= 11 is 1.65. The van der Waals surface area contributed by atoms with Gasteiger partial charge >= 0.3 is 0 Å². The van der Waals surface area contributed by atoms with Gasteiger partial charge in [0.05, 0.1) is 12.1 Å². The second kappa shape index (κ2) is 6.41. The van der Waals surface area contributed by atoms with Crippen LogP contribution in [0.25, 0.3) is 0 Å². The van der Waals surface area contributed by atoms with Gasteiger partial charge < -0.3 is 10.6 Å². The van der Waals surface area contributed by atoms with Gasteiger partial charge in [0.25, 0.3) is 5.91 Å². The second-order valence-corrected chi connectivity index (χ2v) is 6.37. The summed E-state index contributed by atoms with van der Waals surface area (Å²) in [6, 6.07) is 6.19. The Bertz CT molecular complexity index is 587. The predicted octanol–water partition coefficient (Wildman–Crippen LogP) is 2.36. The Morgan fingerprint density at radius 1 is 1.57 bits per heavy atom. The third kappa shape index (κ3) is 3.33. The largest absolute Gasteiger partial charge is 0.343 e. The van der Waals surface area contributed by atoms with Gasteiger partial charge in [0.15, 0.2) is 0 Å². The summed E-state index contributed by atoms with van der Waals surface area (Å²) < 4.78 is 1.91. The number of piperidine rings is 1. The normalized spacial score (nSPS) is 20.1. The van der Waals surface area contributed by atoms with Crippen LogP contribution in [0.4, 0.5) is 0 Å². The number of nitrogens with one attached hydrogen (secondary N) is 2. The van der Waals surface area contributed by atoms with E-state index < -0.39 is 0 Å². The molecule has 2 aromatic rings. The van der Waals surface area contributed by atoms with Gasteiger partial charge in [0, 0.05) is 17.6 Å². The lowest BCUT2D eigenvalue weighted by Gasteiger charge is -2.22. The smallest absolute Gasteiger partial charge is 0.272 e. The maximum absolute atomic E-state index is 12.2. The van der Waals surface area contributed by atoms with Gasteiger partial charge in [-0.3, -0.25) is 9.48 Å². The van der Waals surface area contributed by atoms with Gasteiger partial charge in [-0.2, -0.15) is 5.10 Å². The van der Waals surface area contributed by atoms with Crippen molar-refractivity contribution >= 4 is 17.2 Å². The van der Waals surface area contributed by atoms with Gasteiger partial charge in [0.2, 0.25) is 0 Å². The third-order valence-electron chi connectivity index (χ3n) is 3.80. The molecule has 0 radical (unpaired) electrons. The summed E-state index contributed by atoms with van der Waals surface area (Å²) in [6.45, 7) is 3.99. The molecule has 1 aliphatic rings. The molecule has 1 saturated heterocycles. The number of thiophene rings is 1. The Morgan fingerprint density at radius 3 is 3.19 bits per heavy atom. The van der Waals surface area contributed by atoms with E-state index in [4.69, 9.17) is 0 Å². The molecule has 2 N–H and O–H groups in total. The number of hydrogen-bond donors (Lipinski definition) is 2. The average molecular weight is 304 g/mol. The van der Waals surface area contributed by atoms with Gasteiger partial charge in [-0.05, 0) is 43.8 Å². The van der Waals surface area contributed by atoms with E-state index in [1.54, 1.807) is 17.4 Å². The van der Waals surface area contributed by atoms with Crippen molar-refractivity contribution in [2.45, 2.75) is 31.8 Å². The van der Waals surface area contributed by atoms with Crippen LogP contribution >= 0.6 is 11.3 Å². The van der Waals surface area contributed by atoms with E-state index in [9.17, 15) is 4.79 Å². The molecular weight excluding hydrogens is 284 g/mol. The van der Waals surface area contributed by atoms with Crippen LogP contribution in [0.2, 0.25) is 0 Å². The number of carbonyl (C=O) groups is 1. The molecule has 6 heteroatoms. The molecular formula is C15H20N4OS. The lowest BCUT2D eigenvalue weighted by Crippen LogP contribution is -2.32. The molecule has 1 aliphatic heterocycles. The zero-order chi connectivity index (χ0) is 14.7. The zero-order valence-electron chi connectivity index (χ0n) is 12.1. The lowest BCUT2D eigenvalue weighted by molar-refractivity contribution is 0.0934. The first kappa shape index (κ1) is 14.3. The van der Waals surface area contributed by atoms with Crippen LogP contribution in [-0.4, -0.2) is 28.8 Å².